The molecule has 0 unspecified atom stereocenters. The van der Waals surface area contributed by atoms with Crippen molar-refractivity contribution in [2.24, 2.45) is 0 Å². The van der Waals surface area contributed by atoms with E-state index in [2.05, 4.69) is 19.1 Å². The van der Waals surface area contributed by atoms with Crippen LogP contribution in [0.4, 0.5) is 5.69 Å². The average molecular weight is 480 g/mol. The first-order valence-corrected chi connectivity index (χ1v) is 12.2. The van der Waals surface area contributed by atoms with Crippen LogP contribution in [-0.2, 0) is 16.1 Å². The summed E-state index contributed by atoms with van der Waals surface area (Å²) in [5.74, 6) is 0.588. The lowest BCUT2D eigenvalue weighted by Crippen LogP contribution is -2.06. The molecule has 0 saturated heterocycles. The van der Waals surface area contributed by atoms with Crippen LogP contribution in [-0.4, -0.2) is 18.1 Å². The molecule has 5 nitrogen and oxygen atoms in total. The fourth-order valence-corrected chi connectivity index (χ4v) is 3.89. The van der Waals surface area contributed by atoms with Crippen molar-refractivity contribution < 1.29 is 14.4 Å². The third-order valence-corrected chi connectivity index (χ3v) is 6.02. The van der Waals surface area contributed by atoms with Crippen molar-refractivity contribution in [1.82, 2.24) is 0 Å². The summed E-state index contributed by atoms with van der Waals surface area (Å²) in [5.41, 5.74) is 3.75. The van der Waals surface area contributed by atoms with E-state index in [0.717, 1.165) is 28.0 Å². The predicted molar refractivity (Wildman–Crippen MR) is 142 cm³/mol. The molecular formula is C28H33NO4S. The van der Waals surface area contributed by atoms with Crippen LogP contribution in [0.15, 0.2) is 88.7 Å². The van der Waals surface area contributed by atoms with Gasteiger partial charge in [0.1, 0.15) is 12.4 Å². The highest BCUT2D eigenvalue weighted by Crippen LogP contribution is 2.32. The van der Waals surface area contributed by atoms with Crippen LogP contribution in [0.5, 0.6) is 0 Å². The SMILES string of the molecule is C/C=C\SC(=C\C)/C(=C\CC)/C=C(/OCCOCc1ccccc1)c1cc([N+](=O)[O-])ccc1C. The normalized spacial score (nSPS) is 12.9. The zero-order chi connectivity index (χ0) is 24.8. The van der Waals surface area contributed by atoms with E-state index in [9.17, 15) is 10.1 Å². The Morgan fingerprint density at radius 3 is 2.53 bits per heavy atom. The van der Waals surface area contributed by atoms with Gasteiger partial charge in [0.05, 0.1) is 18.1 Å². The van der Waals surface area contributed by atoms with Gasteiger partial charge in [0, 0.05) is 22.6 Å². The standard InChI is InChI=1S/C28H33NO4S/c1-5-11-24(28(7-3)34-18-6-2)19-27(26-20-25(29(30)31)15-14-22(26)4)33-17-16-32-21-23-12-9-8-10-13-23/h6-15,18-20H,5,16-17,21H2,1-4H3/b18-6-,24-11-,27-19+,28-7-. The Labute approximate surface area is 207 Å². The van der Waals surface area contributed by atoms with E-state index in [0.29, 0.717) is 31.1 Å². The highest BCUT2D eigenvalue weighted by Gasteiger charge is 2.15. The number of nitrogens with zero attached hydrogens (tertiary/aromatic N) is 1. The molecule has 0 aromatic heterocycles. The van der Waals surface area contributed by atoms with Crippen LogP contribution in [0, 0.1) is 17.0 Å². The van der Waals surface area contributed by atoms with Crippen molar-refractivity contribution in [2.45, 2.75) is 40.7 Å². The molecule has 180 valence electrons. The number of benzene rings is 2. The Bertz CT molecular complexity index is 1060. The van der Waals surface area contributed by atoms with Gasteiger partial charge in [0.2, 0.25) is 0 Å². The number of thioether (sulfide) groups is 1. The zero-order valence-electron chi connectivity index (χ0n) is 20.3. The van der Waals surface area contributed by atoms with E-state index in [1.165, 1.54) is 6.07 Å². The van der Waals surface area contributed by atoms with Gasteiger partial charge in [-0.15, -0.1) is 0 Å². The molecule has 0 aliphatic heterocycles. The first-order valence-electron chi connectivity index (χ1n) is 11.4. The van der Waals surface area contributed by atoms with Crippen LogP contribution in [0.25, 0.3) is 5.76 Å². The van der Waals surface area contributed by atoms with Crippen molar-refractivity contribution in [2.75, 3.05) is 13.2 Å². The molecule has 0 saturated carbocycles. The lowest BCUT2D eigenvalue weighted by Gasteiger charge is -2.15. The molecule has 0 N–H and O–H groups in total. The van der Waals surface area contributed by atoms with Crippen molar-refractivity contribution in [1.29, 1.82) is 0 Å². The topological polar surface area (TPSA) is 61.6 Å². The average Bonchev–Trinajstić information content (AvgIpc) is 2.84. The van der Waals surface area contributed by atoms with Gasteiger partial charge >= 0.3 is 0 Å². The minimum absolute atomic E-state index is 0.0333. The Kier molecular flexibility index (Phi) is 11.9. The van der Waals surface area contributed by atoms with Gasteiger partial charge in [-0.25, -0.2) is 0 Å². The molecule has 6 heteroatoms. The summed E-state index contributed by atoms with van der Waals surface area (Å²) in [6.07, 6.45) is 9.00. The third kappa shape index (κ3) is 8.69. The van der Waals surface area contributed by atoms with Crippen LogP contribution >= 0.6 is 11.8 Å². The molecule has 0 radical (unpaired) electrons. The molecule has 0 aliphatic rings. The molecule has 0 spiro atoms. The van der Waals surface area contributed by atoms with Crippen molar-refractivity contribution in [3.63, 3.8) is 0 Å². The third-order valence-electron chi connectivity index (χ3n) is 4.88. The Balaban J connectivity index is 2.31. The largest absolute Gasteiger partial charge is 0.491 e. The quantitative estimate of drug-likeness (QED) is 0.0958. The molecule has 0 atom stereocenters. The smallest absolute Gasteiger partial charge is 0.270 e. The number of rotatable bonds is 13. The number of hydrogen-bond acceptors (Lipinski definition) is 5. The van der Waals surface area contributed by atoms with Crippen LogP contribution in [0.3, 0.4) is 0 Å². The van der Waals surface area contributed by atoms with E-state index < -0.39 is 0 Å². The number of aryl methyl sites for hydroxylation is 1. The summed E-state index contributed by atoms with van der Waals surface area (Å²) >= 11 is 1.63. The Morgan fingerprint density at radius 2 is 1.88 bits per heavy atom. The number of ether oxygens (including phenoxy) is 2. The second-order valence-corrected chi connectivity index (χ2v) is 8.41. The van der Waals surface area contributed by atoms with Crippen LogP contribution < -0.4 is 0 Å². The number of non-ortho nitro benzene ring substituents is 1. The molecule has 0 fully saturated rings. The van der Waals surface area contributed by atoms with Crippen molar-refractivity contribution in [3.8, 4) is 0 Å². The second-order valence-electron chi connectivity index (χ2n) is 7.46. The zero-order valence-corrected chi connectivity index (χ0v) is 21.1. The highest BCUT2D eigenvalue weighted by atomic mass is 32.2. The molecule has 0 aliphatic carbocycles. The molecule has 2 aromatic carbocycles. The summed E-state index contributed by atoms with van der Waals surface area (Å²) in [6, 6.07) is 14.8. The lowest BCUT2D eigenvalue weighted by molar-refractivity contribution is -0.384. The van der Waals surface area contributed by atoms with Gasteiger partial charge < -0.3 is 9.47 Å². The fraction of sp³-hybridized carbons (Fsp3) is 0.286. The second kappa shape index (κ2) is 14.9. The fourth-order valence-electron chi connectivity index (χ4n) is 3.20. The van der Waals surface area contributed by atoms with E-state index in [1.54, 1.807) is 23.9 Å². The molecule has 0 amide bonds. The minimum Gasteiger partial charge on any atom is -0.491 e. The van der Waals surface area contributed by atoms with E-state index in [4.69, 9.17) is 9.47 Å². The van der Waals surface area contributed by atoms with Crippen LogP contribution in [0.1, 0.15) is 43.9 Å². The highest BCUT2D eigenvalue weighted by molar-refractivity contribution is 8.06. The molecule has 2 aromatic rings. The maximum atomic E-state index is 11.4. The van der Waals surface area contributed by atoms with E-state index in [-0.39, 0.29) is 10.6 Å². The molecular weight excluding hydrogens is 446 g/mol. The van der Waals surface area contributed by atoms with Crippen molar-refractivity contribution in [3.05, 3.63) is 116 Å². The summed E-state index contributed by atoms with van der Waals surface area (Å²) in [7, 11) is 0. The Hall–Kier alpha value is -3.09. The first kappa shape index (κ1) is 27.2. The van der Waals surface area contributed by atoms with Gasteiger partial charge in [0.15, 0.2) is 0 Å². The first-order chi connectivity index (χ1) is 16.5. The number of allylic oxidation sites excluding steroid dienone is 5. The lowest BCUT2D eigenvalue weighted by atomic mass is 10.0. The number of hydrogen-bond donors (Lipinski definition) is 0. The van der Waals surface area contributed by atoms with Gasteiger partial charge in [-0.1, -0.05) is 73.3 Å². The maximum absolute atomic E-state index is 11.4. The number of nitro groups is 1. The monoisotopic (exact) mass is 479 g/mol. The summed E-state index contributed by atoms with van der Waals surface area (Å²) in [4.78, 5) is 12.1. The van der Waals surface area contributed by atoms with E-state index in [1.807, 2.05) is 68.7 Å². The summed E-state index contributed by atoms with van der Waals surface area (Å²) < 4.78 is 11.9. The maximum Gasteiger partial charge on any atom is 0.270 e. The molecule has 2 rings (SSSR count). The van der Waals surface area contributed by atoms with Gasteiger partial charge in [-0.2, -0.15) is 0 Å². The van der Waals surface area contributed by atoms with E-state index >= 15 is 0 Å². The summed E-state index contributed by atoms with van der Waals surface area (Å²) in [5, 5.41) is 13.4. The van der Waals surface area contributed by atoms with Gasteiger partial charge in [-0.05, 0) is 55.4 Å². The molecule has 34 heavy (non-hydrogen) atoms. The number of nitro benzene ring substituents is 1. The summed E-state index contributed by atoms with van der Waals surface area (Å²) in [6.45, 7) is 9.22. The van der Waals surface area contributed by atoms with Crippen molar-refractivity contribution >= 4 is 23.2 Å². The van der Waals surface area contributed by atoms with Gasteiger partial charge in [0.25, 0.3) is 5.69 Å². The Morgan fingerprint density at radius 1 is 1.12 bits per heavy atom. The molecule has 0 bridgehead atoms. The van der Waals surface area contributed by atoms with Gasteiger partial charge in [-0.3, -0.25) is 10.1 Å². The predicted octanol–water partition coefficient (Wildman–Crippen LogP) is 7.98. The minimum atomic E-state index is -0.383. The molecule has 0 heterocycles. The van der Waals surface area contributed by atoms with Crippen LogP contribution in [0.2, 0.25) is 0 Å².